The minimum absolute atomic E-state index is 0.227. The average Bonchev–Trinajstić information content (AvgIpc) is 3.00. The molecule has 0 unspecified atom stereocenters. The summed E-state index contributed by atoms with van der Waals surface area (Å²) in [7, 11) is 0. The van der Waals surface area contributed by atoms with Crippen LogP contribution in [-0.2, 0) is 11.2 Å². The average molecular weight is 257 g/mol. The van der Waals surface area contributed by atoms with Gasteiger partial charge in [0.25, 0.3) is 0 Å². The topological polar surface area (TPSA) is 49.0 Å². The Kier molecular flexibility index (Phi) is 3.23. The van der Waals surface area contributed by atoms with Crippen LogP contribution in [0.3, 0.4) is 0 Å². The number of nitrogens with zero attached hydrogens (tertiary/aromatic N) is 2. The molecule has 0 saturated carbocycles. The Labute approximate surface area is 112 Å². The van der Waals surface area contributed by atoms with Crippen molar-refractivity contribution in [2.24, 2.45) is 0 Å². The number of hydrogen-bond acceptors (Lipinski definition) is 2. The van der Waals surface area contributed by atoms with Gasteiger partial charge >= 0.3 is 0 Å². The Bertz CT molecular complexity index is 602. The molecule has 1 saturated heterocycles. The summed E-state index contributed by atoms with van der Waals surface area (Å²) in [5.41, 5.74) is 3.01. The lowest BCUT2D eigenvalue weighted by atomic mass is 10.2. The molecule has 2 heterocycles. The van der Waals surface area contributed by atoms with Gasteiger partial charge in [0, 0.05) is 25.1 Å². The van der Waals surface area contributed by atoms with E-state index in [1.54, 1.807) is 0 Å². The van der Waals surface area contributed by atoms with Crippen molar-refractivity contribution < 1.29 is 4.79 Å². The van der Waals surface area contributed by atoms with E-state index in [0.717, 1.165) is 48.4 Å². The summed E-state index contributed by atoms with van der Waals surface area (Å²) in [6.07, 6.45) is 4.94. The molecule has 1 aromatic carbocycles. The van der Waals surface area contributed by atoms with Gasteiger partial charge in [-0.15, -0.1) is 0 Å². The lowest BCUT2D eigenvalue weighted by Crippen LogP contribution is -2.23. The number of carbonyl (C=O) groups excluding carboxylic acids is 1. The molecule has 1 aliphatic rings. The standard InChI is InChI=1S/C15H19N3O/c1-2-3-5-14-16-12-8-7-11(10-13(12)17-14)18-9-4-6-15(18)19/h7-8,10H,2-6,9H2,1H3,(H,16,17). The van der Waals surface area contributed by atoms with Gasteiger partial charge in [-0.25, -0.2) is 4.98 Å². The minimum atomic E-state index is 0.227. The summed E-state index contributed by atoms with van der Waals surface area (Å²) in [5, 5.41) is 0. The van der Waals surface area contributed by atoms with E-state index in [1.165, 1.54) is 6.42 Å². The first-order chi connectivity index (χ1) is 9.28. The first kappa shape index (κ1) is 12.2. The number of nitrogens with one attached hydrogen (secondary N) is 1. The van der Waals surface area contributed by atoms with Crippen LogP contribution in [0.4, 0.5) is 5.69 Å². The van der Waals surface area contributed by atoms with Gasteiger partial charge in [0.2, 0.25) is 5.91 Å². The number of H-pyrrole nitrogens is 1. The predicted molar refractivity (Wildman–Crippen MR) is 76.3 cm³/mol. The zero-order chi connectivity index (χ0) is 13.2. The van der Waals surface area contributed by atoms with Gasteiger partial charge in [-0.2, -0.15) is 0 Å². The second-order valence-electron chi connectivity index (χ2n) is 5.14. The van der Waals surface area contributed by atoms with Gasteiger partial charge in [0.15, 0.2) is 0 Å². The molecule has 1 fully saturated rings. The number of unbranched alkanes of at least 4 members (excludes halogenated alkanes) is 1. The van der Waals surface area contributed by atoms with Crippen LogP contribution in [0.25, 0.3) is 11.0 Å². The first-order valence-electron chi connectivity index (χ1n) is 7.07. The molecule has 100 valence electrons. The Balaban J connectivity index is 1.89. The molecule has 4 nitrogen and oxygen atoms in total. The summed E-state index contributed by atoms with van der Waals surface area (Å²) in [6, 6.07) is 6.04. The normalized spacial score (nSPS) is 15.6. The lowest BCUT2D eigenvalue weighted by molar-refractivity contribution is -0.117. The maximum atomic E-state index is 11.8. The summed E-state index contributed by atoms with van der Waals surface area (Å²) >= 11 is 0. The molecule has 3 rings (SSSR count). The van der Waals surface area contributed by atoms with Crippen LogP contribution in [-0.4, -0.2) is 22.4 Å². The molecular weight excluding hydrogens is 238 g/mol. The number of aromatic nitrogens is 2. The summed E-state index contributed by atoms with van der Waals surface area (Å²) < 4.78 is 0. The molecule has 0 radical (unpaired) electrons. The smallest absolute Gasteiger partial charge is 0.227 e. The van der Waals surface area contributed by atoms with E-state index in [0.29, 0.717) is 6.42 Å². The largest absolute Gasteiger partial charge is 0.342 e. The van der Waals surface area contributed by atoms with Gasteiger partial charge < -0.3 is 9.88 Å². The molecule has 2 aromatic rings. The van der Waals surface area contributed by atoms with Crippen LogP contribution >= 0.6 is 0 Å². The first-order valence-corrected chi connectivity index (χ1v) is 7.07. The van der Waals surface area contributed by atoms with Crippen LogP contribution < -0.4 is 4.90 Å². The van der Waals surface area contributed by atoms with Crippen LogP contribution in [0.1, 0.15) is 38.4 Å². The van der Waals surface area contributed by atoms with E-state index >= 15 is 0 Å². The second-order valence-corrected chi connectivity index (χ2v) is 5.14. The van der Waals surface area contributed by atoms with Crippen molar-refractivity contribution in [2.45, 2.75) is 39.0 Å². The number of benzene rings is 1. The third-order valence-electron chi connectivity index (χ3n) is 3.67. The molecule has 0 aliphatic carbocycles. The lowest BCUT2D eigenvalue weighted by Gasteiger charge is -2.15. The van der Waals surface area contributed by atoms with E-state index in [4.69, 9.17) is 0 Å². The molecule has 4 heteroatoms. The fraction of sp³-hybridized carbons (Fsp3) is 0.467. The van der Waals surface area contributed by atoms with Crippen LogP contribution in [0.5, 0.6) is 0 Å². The van der Waals surface area contributed by atoms with Gasteiger partial charge in [0.1, 0.15) is 5.82 Å². The Morgan fingerprint density at radius 1 is 1.42 bits per heavy atom. The highest BCUT2D eigenvalue weighted by Gasteiger charge is 2.21. The van der Waals surface area contributed by atoms with Gasteiger partial charge in [-0.05, 0) is 31.0 Å². The highest BCUT2D eigenvalue weighted by Crippen LogP contribution is 2.25. The number of hydrogen-bond donors (Lipinski definition) is 1. The predicted octanol–water partition coefficient (Wildman–Crippen LogP) is 3.03. The van der Waals surface area contributed by atoms with Crippen molar-refractivity contribution in [2.75, 3.05) is 11.4 Å². The molecule has 0 atom stereocenters. The van der Waals surface area contributed by atoms with Gasteiger partial charge in [-0.3, -0.25) is 4.79 Å². The maximum Gasteiger partial charge on any atom is 0.227 e. The van der Waals surface area contributed by atoms with Crippen molar-refractivity contribution in [3.8, 4) is 0 Å². The highest BCUT2D eigenvalue weighted by molar-refractivity contribution is 5.97. The summed E-state index contributed by atoms with van der Waals surface area (Å²) in [6.45, 7) is 3.01. The molecule has 1 N–H and O–H groups in total. The third kappa shape index (κ3) is 2.35. The van der Waals surface area contributed by atoms with Gasteiger partial charge in [-0.1, -0.05) is 13.3 Å². The van der Waals surface area contributed by atoms with E-state index in [1.807, 2.05) is 23.1 Å². The molecule has 0 spiro atoms. The van der Waals surface area contributed by atoms with E-state index in [9.17, 15) is 4.79 Å². The number of aromatic amines is 1. The SMILES string of the molecule is CCCCc1nc2ccc(N3CCCC3=O)cc2[nH]1. The quantitative estimate of drug-likeness (QED) is 0.915. The Morgan fingerprint density at radius 3 is 3.05 bits per heavy atom. The van der Waals surface area contributed by atoms with Crippen molar-refractivity contribution in [3.63, 3.8) is 0 Å². The number of carbonyl (C=O) groups is 1. The molecule has 1 amide bonds. The Morgan fingerprint density at radius 2 is 2.32 bits per heavy atom. The monoisotopic (exact) mass is 257 g/mol. The van der Waals surface area contributed by atoms with Crippen LogP contribution in [0.2, 0.25) is 0 Å². The fourth-order valence-electron chi connectivity index (χ4n) is 2.60. The number of fused-ring (bicyclic) bond motifs is 1. The molecule has 1 aliphatic heterocycles. The molecule has 0 bridgehead atoms. The second kappa shape index (κ2) is 5.03. The number of amides is 1. The fourth-order valence-corrected chi connectivity index (χ4v) is 2.60. The van der Waals surface area contributed by atoms with Crippen molar-refractivity contribution in [1.82, 2.24) is 9.97 Å². The van der Waals surface area contributed by atoms with Crippen LogP contribution in [0.15, 0.2) is 18.2 Å². The van der Waals surface area contributed by atoms with Gasteiger partial charge in [0.05, 0.1) is 11.0 Å². The highest BCUT2D eigenvalue weighted by atomic mass is 16.2. The zero-order valence-electron chi connectivity index (χ0n) is 11.3. The summed E-state index contributed by atoms with van der Waals surface area (Å²) in [4.78, 5) is 21.6. The zero-order valence-corrected chi connectivity index (χ0v) is 11.3. The third-order valence-corrected chi connectivity index (χ3v) is 3.67. The van der Waals surface area contributed by atoms with E-state index in [-0.39, 0.29) is 5.91 Å². The summed E-state index contributed by atoms with van der Waals surface area (Å²) in [5.74, 6) is 1.27. The Hall–Kier alpha value is -1.84. The number of aryl methyl sites for hydroxylation is 1. The van der Waals surface area contributed by atoms with E-state index in [2.05, 4.69) is 16.9 Å². The maximum absolute atomic E-state index is 11.8. The number of imidazole rings is 1. The molecule has 1 aromatic heterocycles. The van der Waals surface area contributed by atoms with Crippen molar-refractivity contribution >= 4 is 22.6 Å². The molecular formula is C15H19N3O. The van der Waals surface area contributed by atoms with Crippen molar-refractivity contribution in [1.29, 1.82) is 0 Å². The minimum Gasteiger partial charge on any atom is -0.342 e. The number of rotatable bonds is 4. The van der Waals surface area contributed by atoms with E-state index < -0.39 is 0 Å². The van der Waals surface area contributed by atoms with Crippen molar-refractivity contribution in [3.05, 3.63) is 24.0 Å². The number of anilines is 1. The van der Waals surface area contributed by atoms with Crippen LogP contribution in [0, 0.1) is 0 Å². The molecule has 19 heavy (non-hydrogen) atoms.